The summed E-state index contributed by atoms with van der Waals surface area (Å²) in [7, 11) is 3.07. The number of carbonyl (C=O) groups excluding carboxylic acids is 1. The molecule has 5 heteroatoms. The van der Waals surface area contributed by atoms with Gasteiger partial charge in [-0.2, -0.15) is 0 Å². The summed E-state index contributed by atoms with van der Waals surface area (Å²) in [5.41, 5.74) is 1.70. The Morgan fingerprint density at radius 2 is 1.88 bits per heavy atom. The third kappa shape index (κ3) is 2.78. The Morgan fingerprint density at radius 1 is 1.29 bits per heavy atom. The van der Waals surface area contributed by atoms with E-state index in [9.17, 15) is 4.79 Å². The van der Waals surface area contributed by atoms with Crippen LogP contribution in [0.1, 0.15) is 18.1 Å². The van der Waals surface area contributed by atoms with E-state index in [1.165, 1.54) is 13.2 Å². The summed E-state index contributed by atoms with van der Waals surface area (Å²) in [5, 5.41) is 0.408. The van der Waals surface area contributed by atoms with Gasteiger partial charge >= 0.3 is 0 Å². The summed E-state index contributed by atoms with van der Waals surface area (Å²) in [4.78, 5) is 13.7. The normalized spacial score (nSPS) is 9.65. The van der Waals surface area contributed by atoms with Crippen molar-refractivity contribution in [3.05, 3.63) is 22.2 Å². The smallest absolute Gasteiger partial charge is 0.235 e. The molecule has 0 spiro atoms. The van der Waals surface area contributed by atoms with Crippen molar-refractivity contribution >= 4 is 17.7 Å². The van der Waals surface area contributed by atoms with Crippen LogP contribution >= 0.6 is 11.6 Å². The van der Waals surface area contributed by atoms with Crippen LogP contribution in [0, 0.1) is 0 Å². The van der Waals surface area contributed by atoms with Crippen molar-refractivity contribution in [2.24, 2.45) is 4.99 Å². The zero-order valence-corrected chi connectivity index (χ0v) is 10.8. The van der Waals surface area contributed by atoms with Crippen molar-refractivity contribution in [2.45, 2.75) is 19.9 Å². The summed E-state index contributed by atoms with van der Waals surface area (Å²) in [6.45, 7) is 2.19. The molecule has 92 valence electrons. The first kappa shape index (κ1) is 13.6. The Balaban J connectivity index is 3.38. The molecule has 0 atom stereocenters. The highest BCUT2D eigenvalue weighted by atomic mass is 35.5. The number of benzene rings is 1. The highest BCUT2D eigenvalue weighted by molar-refractivity contribution is 6.33. The summed E-state index contributed by atoms with van der Waals surface area (Å²) in [5.74, 6) is 1.09. The van der Waals surface area contributed by atoms with Gasteiger partial charge in [0, 0.05) is 5.56 Å². The number of methoxy groups -OCH3 is 2. The standard InChI is InChI=1S/C12H14ClNO3/c1-4-8-5-9(6-14-7-15)12(17-3)10(13)11(8)16-2/h5H,4,6H2,1-3H3. The van der Waals surface area contributed by atoms with Crippen molar-refractivity contribution in [1.82, 2.24) is 0 Å². The molecule has 0 heterocycles. The van der Waals surface area contributed by atoms with E-state index < -0.39 is 0 Å². The van der Waals surface area contributed by atoms with Crippen LogP contribution in [0.2, 0.25) is 5.02 Å². The lowest BCUT2D eigenvalue weighted by atomic mass is 10.1. The maximum atomic E-state index is 10.2. The van der Waals surface area contributed by atoms with Crippen LogP contribution in [0.5, 0.6) is 11.5 Å². The van der Waals surface area contributed by atoms with Gasteiger partial charge in [-0.15, -0.1) is 0 Å². The van der Waals surface area contributed by atoms with Crippen molar-refractivity contribution in [3.63, 3.8) is 0 Å². The van der Waals surface area contributed by atoms with Gasteiger partial charge in [-0.3, -0.25) is 0 Å². The number of nitrogens with zero attached hydrogens (tertiary/aromatic N) is 1. The van der Waals surface area contributed by atoms with Crippen LogP contribution in [-0.4, -0.2) is 20.3 Å². The van der Waals surface area contributed by atoms with Gasteiger partial charge in [-0.05, 0) is 18.1 Å². The van der Waals surface area contributed by atoms with Gasteiger partial charge in [0.15, 0.2) is 0 Å². The minimum atomic E-state index is 0.198. The van der Waals surface area contributed by atoms with E-state index in [2.05, 4.69) is 4.99 Å². The number of aryl methyl sites for hydroxylation is 1. The lowest BCUT2D eigenvalue weighted by molar-refractivity contribution is 0.388. The van der Waals surface area contributed by atoms with E-state index in [1.54, 1.807) is 7.11 Å². The lowest BCUT2D eigenvalue weighted by Crippen LogP contribution is -1.99. The number of aliphatic imine (C=N–C) groups is 1. The Morgan fingerprint density at radius 3 is 2.35 bits per heavy atom. The maximum absolute atomic E-state index is 10.2. The highest BCUT2D eigenvalue weighted by Gasteiger charge is 2.17. The second kappa shape index (κ2) is 6.28. The van der Waals surface area contributed by atoms with Crippen LogP contribution in [0.3, 0.4) is 0 Å². The van der Waals surface area contributed by atoms with E-state index in [4.69, 9.17) is 21.1 Å². The van der Waals surface area contributed by atoms with Gasteiger partial charge in [0.25, 0.3) is 0 Å². The number of ether oxygens (including phenoxy) is 2. The SMILES string of the molecule is CCc1cc(CN=C=O)c(OC)c(Cl)c1OC. The fourth-order valence-electron chi connectivity index (χ4n) is 1.67. The third-order valence-electron chi connectivity index (χ3n) is 2.43. The minimum absolute atomic E-state index is 0.198. The summed E-state index contributed by atoms with van der Waals surface area (Å²) >= 11 is 6.19. The van der Waals surface area contributed by atoms with Crippen molar-refractivity contribution < 1.29 is 14.3 Å². The summed E-state index contributed by atoms with van der Waals surface area (Å²) in [6, 6.07) is 1.88. The summed E-state index contributed by atoms with van der Waals surface area (Å²) in [6.07, 6.45) is 2.27. The Bertz CT molecular complexity index is 454. The van der Waals surface area contributed by atoms with E-state index in [0.717, 1.165) is 17.5 Å². The van der Waals surface area contributed by atoms with Crippen molar-refractivity contribution in [2.75, 3.05) is 14.2 Å². The average Bonchev–Trinajstić information content (AvgIpc) is 2.35. The fourth-order valence-corrected chi connectivity index (χ4v) is 2.06. The van der Waals surface area contributed by atoms with Gasteiger partial charge in [0.05, 0.1) is 20.8 Å². The molecule has 0 aliphatic carbocycles. The molecule has 0 amide bonds. The fraction of sp³-hybridized carbons (Fsp3) is 0.417. The van der Waals surface area contributed by atoms with E-state index in [-0.39, 0.29) is 6.54 Å². The van der Waals surface area contributed by atoms with Crippen LogP contribution in [0.4, 0.5) is 0 Å². The molecule has 0 radical (unpaired) electrons. The molecular formula is C12H14ClNO3. The van der Waals surface area contributed by atoms with Crippen LogP contribution < -0.4 is 9.47 Å². The topological polar surface area (TPSA) is 47.9 Å². The predicted molar refractivity (Wildman–Crippen MR) is 65.8 cm³/mol. The molecule has 0 N–H and O–H groups in total. The zero-order chi connectivity index (χ0) is 12.8. The number of rotatable bonds is 5. The first-order valence-electron chi connectivity index (χ1n) is 5.15. The molecule has 0 saturated carbocycles. The second-order valence-electron chi connectivity index (χ2n) is 3.34. The Kier molecular flexibility index (Phi) is 5.01. The van der Waals surface area contributed by atoms with Gasteiger partial charge in [0.2, 0.25) is 6.08 Å². The largest absolute Gasteiger partial charge is 0.495 e. The maximum Gasteiger partial charge on any atom is 0.235 e. The van der Waals surface area contributed by atoms with E-state index in [0.29, 0.717) is 16.5 Å². The molecular weight excluding hydrogens is 242 g/mol. The number of isocyanates is 1. The molecule has 1 aromatic rings. The number of hydrogen-bond donors (Lipinski definition) is 0. The first-order chi connectivity index (χ1) is 8.19. The van der Waals surface area contributed by atoms with Gasteiger partial charge < -0.3 is 9.47 Å². The Labute approximate surface area is 105 Å². The predicted octanol–water partition coefficient (Wildman–Crippen LogP) is 2.76. The number of halogens is 1. The molecule has 0 bridgehead atoms. The molecule has 1 aromatic carbocycles. The van der Waals surface area contributed by atoms with Gasteiger partial charge in [-0.25, -0.2) is 9.79 Å². The molecule has 0 unspecified atom stereocenters. The molecule has 0 aromatic heterocycles. The third-order valence-corrected chi connectivity index (χ3v) is 2.78. The monoisotopic (exact) mass is 255 g/mol. The lowest BCUT2D eigenvalue weighted by Gasteiger charge is -2.15. The van der Waals surface area contributed by atoms with Crippen molar-refractivity contribution in [3.8, 4) is 11.5 Å². The van der Waals surface area contributed by atoms with Crippen LogP contribution in [0.25, 0.3) is 0 Å². The molecule has 0 saturated heterocycles. The second-order valence-corrected chi connectivity index (χ2v) is 3.71. The molecule has 1 rings (SSSR count). The van der Waals surface area contributed by atoms with Gasteiger partial charge in [-0.1, -0.05) is 18.5 Å². The first-order valence-corrected chi connectivity index (χ1v) is 5.53. The quantitative estimate of drug-likeness (QED) is 0.600. The van der Waals surface area contributed by atoms with Crippen LogP contribution in [-0.2, 0) is 17.8 Å². The minimum Gasteiger partial charge on any atom is -0.495 e. The van der Waals surface area contributed by atoms with Crippen molar-refractivity contribution in [1.29, 1.82) is 0 Å². The van der Waals surface area contributed by atoms with Crippen LogP contribution in [0.15, 0.2) is 11.1 Å². The van der Waals surface area contributed by atoms with E-state index in [1.807, 2.05) is 13.0 Å². The summed E-state index contributed by atoms with van der Waals surface area (Å²) < 4.78 is 10.5. The molecule has 0 aliphatic rings. The molecule has 0 fully saturated rings. The average molecular weight is 256 g/mol. The Hall–Kier alpha value is -1.51. The van der Waals surface area contributed by atoms with Gasteiger partial charge in [0.1, 0.15) is 16.5 Å². The molecule has 0 aliphatic heterocycles. The zero-order valence-electron chi connectivity index (χ0n) is 10.0. The molecule has 17 heavy (non-hydrogen) atoms. The van der Waals surface area contributed by atoms with E-state index >= 15 is 0 Å². The number of hydrogen-bond acceptors (Lipinski definition) is 4. The molecule has 4 nitrogen and oxygen atoms in total. The highest BCUT2D eigenvalue weighted by Crippen LogP contribution is 2.40.